The lowest BCUT2D eigenvalue weighted by Crippen LogP contribution is -2.16. The maximum absolute atomic E-state index is 12.4. The highest BCUT2D eigenvalue weighted by Gasteiger charge is 2.13. The first-order valence-corrected chi connectivity index (χ1v) is 8.75. The number of fused-ring (bicyclic) bond motifs is 2. The average molecular weight is 348 g/mol. The van der Waals surface area contributed by atoms with Gasteiger partial charge in [-0.2, -0.15) is 0 Å². The summed E-state index contributed by atoms with van der Waals surface area (Å²) in [5.74, 6) is 0.762. The predicted molar refractivity (Wildman–Crippen MR) is 101 cm³/mol. The second-order valence-corrected chi connectivity index (χ2v) is 6.40. The van der Waals surface area contributed by atoms with E-state index in [9.17, 15) is 4.79 Å². The van der Waals surface area contributed by atoms with Crippen molar-refractivity contribution in [3.05, 3.63) is 60.1 Å². The number of benzene rings is 1. The van der Waals surface area contributed by atoms with Crippen LogP contribution in [0.25, 0.3) is 11.1 Å². The Balaban J connectivity index is 1.39. The smallest absolute Gasteiger partial charge is 0.251 e. The topological polar surface area (TPSA) is 80.0 Å². The minimum absolute atomic E-state index is 0.211. The number of aryl methyl sites for hydroxylation is 2. The summed E-state index contributed by atoms with van der Waals surface area (Å²) in [6, 6.07) is 9.58. The molecule has 3 aromatic rings. The first kappa shape index (κ1) is 16.3. The van der Waals surface area contributed by atoms with E-state index in [1.807, 2.05) is 18.2 Å². The number of para-hydroxylation sites is 1. The van der Waals surface area contributed by atoms with E-state index in [0.29, 0.717) is 35.2 Å². The number of rotatable bonds is 5. The number of aromatic nitrogens is 2. The molecule has 0 aliphatic carbocycles. The van der Waals surface area contributed by atoms with Crippen molar-refractivity contribution in [2.75, 3.05) is 17.2 Å². The Morgan fingerprint density at radius 3 is 3.15 bits per heavy atom. The Hall–Kier alpha value is -3.15. The minimum atomic E-state index is -0.211. The fourth-order valence-electron chi connectivity index (χ4n) is 3.10. The normalized spacial score (nSPS) is 13.1. The number of hydrogen-bond donors (Lipinski definition) is 2. The SMILES string of the molecule is C=C(CCc1ccc2c(n1)NCCC2)C(=O)Nc1cccc2ocnc12. The van der Waals surface area contributed by atoms with Crippen LogP contribution < -0.4 is 10.6 Å². The summed E-state index contributed by atoms with van der Waals surface area (Å²) in [5.41, 5.74) is 4.63. The van der Waals surface area contributed by atoms with Gasteiger partial charge in [-0.25, -0.2) is 9.97 Å². The summed E-state index contributed by atoms with van der Waals surface area (Å²) in [6.45, 7) is 4.89. The lowest BCUT2D eigenvalue weighted by Gasteiger charge is -2.17. The van der Waals surface area contributed by atoms with Crippen LogP contribution >= 0.6 is 0 Å². The molecule has 6 heteroatoms. The van der Waals surface area contributed by atoms with Crippen molar-refractivity contribution in [2.45, 2.75) is 25.7 Å². The van der Waals surface area contributed by atoms with Crippen LogP contribution in [0.1, 0.15) is 24.1 Å². The Bertz CT molecular complexity index is 977. The third-order valence-corrected chi connectivity index (χ3v) is 4.56. The standard InChI is InChI=1S/C20H20N4O2/c1-13(7-9-15-10-8-14-4-3-11-21-19(14)23-15)20(25)24-16-5-2-6-17-18(16)22-12-26-17/h2,5-6,8,10,12H,1,3-4,7,9,11H2,(H,21,23)(H,24,25). The average Bonchev–Trinajstić information content (AvgIpc) is 3.15. The van der Waals surface area contributed by atoms with E-state index in [4.69, 9.17) is 4.42 Å². The van der Waals surface area contributed by atoms with Crippen molar-refractivity contribution in [1.29, 1.82) is 0 Å². The largest absolute Gasteiger partial charge is 0.443 e. The Morgan fingerprint density at radius 2 is 2.23 bits per heavy atom. The number of oxazole rings is 1. The predicted octanol–water partition coefficient (Wildman–Crippen LogP) is 3.71. The van der Waals surface area contributed by atoms with Gasteiger partial charge in [0.05, 0.1) is 5.69 Å². The highest BCUT2D eigenvalue weighted by atomic mass is 16.3. The van der Waals surface area contributed by atoms with Gasteiger partial charge in [0.15, 0.2) is 12.0 Å². The van der Waals surface area contributed by atoms with Crippen molar-refractivity contribution < 1.29 is 9.21 Å². The monoisotopic (exact) mass is 348 g/mol. The summed E-state index contributed by atoms with van der Waals surface area (Å²) in [7, 11) is 0. The lowest BCUT2D eigenvalue weighted by molar-refractivity contribution is -0.112. The molecule has 0 bridgehead atoms. The number of amides is 1. The number of nitrogens with one attached hydrogen (secondary N) is 2. The molecule has 6 nitrogen and oxygen atoms in total. The Labute approximate surface area is 151 Å². The van der Waals surface area contributed by atoms with E-state index < -0.39 is 0 Å². The number of carbonyl (C=O) groups is 1. The molecule has 1 aliphatic heterocycles. The van der Waals surface area contributed by atoms with E-state index in [2.05, 4.69) is 33.2 Å². The van der Waals surface area contributed by atoms with E-state index >= 15 is 0 Å². The maximum atomic E-state index is 12.4. The van der Waals surface area contributed by atoms with Crippen molar-refractivity contribution in [3.8, 4) is 0 Å². The molecule has 0 saturated carbocycles. The van der Waals surface area contributed by atoms with Gasteiger partial charge in [-0.15, -0.1) is 0 Å². The highest BCUT2D eigenvalue weighted by molar-refractivity contribution is 6.07. The molecular formula is C20H20N4O2. The van der Waals surface area contributed by atoms with Crippen LogP contribution in [0.15, 0.2) is 53.3 Å². The van der Waals surface area contributed by atoms with E-state index in [-0.39, 0.29) is 5.91 Å². The van der Waals surface area contributed by atoms with Gasteiger partial charge in [0.2, 0.25) is 0 Å². The summed E-state index contributed by atoms with van der Waals surface area (Å²) in [5, 5.41) is 6.20. The molecule has 0 radical (unpaired) electrons. The van der Waals surface area contributed by atoms with Crippen molar-refractivity contribution in [1.82, 2.24) is 9.97 Å². The Morgan fingerprint density at radius 1 is 1.31 bits per heavy atom. The molecule has 0 unspecified atom stereocenters. The third kappa shape index (κ3) is 3.31. The van der Waals surface area contributed by atoms with Gasteiger partial charge in [-0.3, -0.25) is 4.79 Å². The van der Waals surface area contributed by atoms with Crippen LogP contribution in [0, 0.1) is 0 Å². The molecule has 3 heterocycles. The minimum Gasteiger partial charge on any atom is -0.443 e. The summed E-state index contributed by atoms with van der Waals surface area (Å²) < 4.78 is 5.25. The zero-order valence-electron chi connectivity index (χ0n) is 14.4. The van der Waals surface area contributed by atoms with Gasteiger partial charge in [0.1, 0.15) is 11.3 Å². The quantitative estimate of drug-likeness (QED) is 0.687. The fourth-order valence-corrected chi connectivity index (χ4v) is 3.10. The molecule has 2 aromatic heterocycles. The van der Waals surface area contributed by atoms with E-state index in [0.717, 1.165) is 30.9 Å². The van der Waals surface area contributed by atoms with E-state index in [1.54, 1.807) is 6.07 Å². The fraction of sp³-hybridized carbons (Fsp3) is 0.250. The number of carbonyl (C=O) groups excluding carboxylic acids is 1. The summed E-state index contributed by atoms with van der Waals surface area (Å²) in [4.78, 5) is 21.2. The molecular weight excluding hydrogens is 328 g/mol. The molecule has 1 aromatic carbocycles. The van der Waals surface area contributed by atoms with Crippen LogP contribution in [-0.2, 0) is 17.6 Å². The first-order chi connectivity index (χ1) is 12.7. The molecule has 0 fully saturated rings. The second kappa shape index (κ2) is 7.00. The molecule has 1 aliphatic rings. The molecule has 132 valence electrons. The van der Waals surface area contributed by atoms with Crippen molar-refractivity contribution in [2.24, 2.45) is 0 Å². The van der Waals surface area contributed by atoms with Gasteiger partial charge < -0.3 is 15.1 Å². The van der Waals surface area contributed by atoms with Crippen LogP contribution in [0.4, 0.5) is 11.5 Å². The summed E-state index contributed by atoms with van der Waals surface area (Å²) in [6.07, 6.45) is 4.80. The molecule has 4 rings (SSSR count). The van der Waals surface area contributed by atoms with Gasteiger partial charge in [0.25, 0.3) is 5.91 Å². The molecule has 2 N–H and O–H groups in total. The van der Waals surface area contributed by atoms with Gasteiger partial charge >= 0.3 is 0 Å². The Kier molecular flexibility index (Phi) is 4.39. The van der Waals surface area contributed by atoms with E-state index in [1.165, 1.54) is 12.0 Å². The zero-order valence-corrected chi connectivity index (χ0v) is 14.4. The van der Waals surface area contributed by atoms with Crippen LogP contribution in [0.5, 0.6) is 0 Å². The third-order valence-electron chi connectivity index (χ3n) is 4.56. The second-order valence-electron chi connectivity index (χ2n) is 6.40. The van der Waals surface area contributed by atoms with Crippen LogP contribution in [0.3, 0.4) is 0 Å². The molecule has 0 saturated heterocycles. The van der Waals surface area contributed by atoms with Crippen molar-refractivity contribution >= 4 is 28.5 Å². The highest BCUT2D eigenvalue weighted by Crippen LogP contribution is 2.23. The van der Waals surface area contributed by atoms with Gasteiger partial charge in [0, 0.05) is 17.8 Å². The maximum Gasteiger partial charge on any atom is 0.251 e. The first-order valence-electron chi connectivity index (χ1n) is 8.75. The number of pyridine rings is 1. The summed E-state index contributed by atoms with van der Waals surface area (Å²) >= 11 is 0. The molecule has 26 heavy (non-hydrogen) atoms. The molecule has 0 spiro atoms. The van der Waals surface area contributed by atoms with Crippen LogP contribution in [-0.4, -0.2) is 22.4 Å². The van der Waals surface area contributed by atoms with Gasteiger partial charge in [-0.1, -0.05) is 18.7 Å². The number of hydrogen-bond acceptors (Lipinski definition) is 5. The zero-order chi connectivity index (χ0) is 17.9. The number of nitrogens with zero attached hydrogens (tertiary/aromatic N) is 2. The molecule has 0 atom stereocenters. The van der Waals surface area contributed by atoms with Crippen molar-refractivity contribution in [3.63, 3.8) is 0 Å². The van der Waals surface area contributed by atoms with Crippen LogP contribution in [0.2, 0.25) is 0 Å². The lowest BCUT2D eigenvalue weighted by atomic mass is 10.0. The molecule has 1 amide bonds. The number of anilines is 2. The van der Waals surface area contributed by atoms with Gasteiger partial charge in [-0.05, 0) is 49.4 Å².